The lowest BCUT2D eigenvalue weighted by Gasteiger charge is -2.11. The highest BCUT2D eigenvalue weighted by atomic mass is 35.5. The van der Waals surface area contributed by atoms with Crippen LogP contribution in [0.4, 0.5) is 17.1 Å². The molecular weight excluding hydrogens is 460 g/mol. The molecule has 0 saturated heterocycles. The summed E-state index contributed by atoms with van der Waals surface area (Å²) >= 11 is 6.14. The zero-order valence-corrected chi connectivity index (χ0v) is 19.6. The number of rotatable bonds is 8. The summed E-state index contributed by atoms with van der Waals surface area (Å²) in [6.45, 7) is 0.752. The number of anilines is 3. The third-order valence-electron chi connectivity index (χ3n) is 5.26. The molecule has 35 heavy (non-hydrogen) atoms. The highest BCUT2D eigenvalue weighted by molar-refractivity contribution is 6.31. The Labute approximate surface area is 209 Å². The lowest BCUT2D eigenvalue weighted by atomic mass is 10.1. The van der Waals surface area contributed by atoms with Gasteiger partial charge in [-0.3, -0.25) is 9.59 Å². The van der Waals surface area contributed by atoms with Gasteiger partial charge in [0.1, 0.15) is 0 Å². The summed E-state index contributed by atoms with van der Waals surface area (Å²) < 4.78 is 0. The number of nitrogen functional groups attached to an aromatic ring is 1. The maximum Gasteiger partial charge on any atom is 0.251 e. The van der Waals surface area contributed by atoms with Gasteiger partial charge >= 0.3 is 0 Å². The van der Waals surface area contributed by atoms with E-state index in [2.05, 4.69) is 22.0 Å². The van der Waals surface area contributed by atoms with Crippen LogP contribution in [0.3, 0.4) is 0 Å². The van der Waals surface area contributed by atoms with Crippen molar-refractivity contribution in [3.05, 3.63) is 124 Å². The average molecular weight is 484 g/mol. The Morgan fingerprint density at radius 2 is 1.51 bits per heavy atom. The molecule has 0 saturated carbocycles. The van der Waals surface area contributed by atoms with Gasteiger partial charge in [-0.2, -0.15) is 0 Å². The third-order valence-corrected chi connectivity index (χ3v) is 5.63. The first-order valence-electron chi connectivity index (χ1n) is 11.0. The Morgan fingerprint density at radius 3 is 2.26 bits per heavy atom. The zero-order chi connectivity index (χ0) is 24.6. The monoisotopic (exact) mass is 483 g/mol. The number of hydrogen-bond acceptors (Lipinski definition) is 4. The molecule has 5 N–H and O–H groups in total. The molecule has 0 aliphatic rings. The highest BCUT2D eigenvalue weighted by Crippen LogP contribution is 2.22. The van der Waals surface area contributed by atoms with Crippen molar-refractivity contribution < 1.29 is 9.59 Å². The van der Waals surface area contributed by atoms with Crippen molar-refractivity contribution >= 4 is 40.5 Å². The molecule has 0 atom stereocenters. The van der Waals surface area contributed by atoms with Crippen LogP contribution in [0.5, 0.6) is 0 Å². The molecule has 4 aromatic carbocycles. The van der Waals surface area contributed by atoms with E-state index in [1.807, 2.05) is 48.5 Å². The van der Waals surface area contributed by atoms with E-state index in [0.717, 1.165) is 11.1 Å². The summed E-state index contributed by atoms with van der Waals surface area (Å²) in [7, 11) is 0. The third kappa shape index (κ3) is 6.62. The number of amides is 2. The van der Waals surface area contributed by atoms with Crippen LogP contribution in [0.2, 0.25) is 5.02 Å². The Hall–Kier alpha value is -4.29. The normalized spacial score (nSPS) is 10.4. The first kappa shape index (κ1) is 23.9. The first-order valence-corrected chi connectivity index (χ1v) is 11.4. The average Bonchev–Trinajstić information content (AvgIpc) is 2.87. The molecule has 0 bridgehead atoms. The van der Waals surface area contributed by atoms with Gasteiger partial charge in [-0.05, 0) is 53.6 Å². The maximum atomic E-state index is 12.6. The van der Waals surface area contributed by atoms with Crippen LogP contribution in [0, 0.1) is 6.07 Å². The molecule has 0 spiro atoms. The number of carbonyl (C=O) groups excluding carboxylic acids is 2. The van der Waals surface area contributed by atoms with Gasteiger partial charge in [0.2, 0.25) is 0 Å². The van der Waals surface area contributed by atoms with Gasteiger partial charge in [-0.25, -0.2) is 0 Å². The number of carbonyl (C=O) groups is 2. The van der Waals surface area contributed by atoms with Crippen LogP contribution in [0.15, 0.2) is 91.0 Å². The van der Waals surface area contributed by atoms with Gasteiger partial charge in [-0.1, -0.05) is 60.1 Å². The fourth-order valence-electron chi connectivity index (χ4n) is 3.45. The fraction of sp³-hybridized carbons (Fsp3) is 0.0714. The molecule has 0 aliphatic heterocycles. The Kier molecular flexibility index (Phi) is 7.65. The van der Waals surface area contributed by atoms with Gasteiger partial charge in [0.15, 0.2) is 0 Å². The van der Waals surface area contributed by atoms with E-state index in [4.69, 9.17) is 17.3 Å². The molecular formula is C28H24ClN4O2. The Balaban J connectivity index is 1.37. The van der Waals surface area contributed by atoms with Crippen molar-refractivity contribution in [2.75, 3.05) is 11.1 Å². The van der Waals surface area contributed by atoms with E-state index < -0.39 is 0 Å². The number of nitrogens with one attached hydrogen (secondary N) is 3. The quantitative estimate of drug-likeness (QED) is 0.255. The van der Waals surface area contributed by atoms with Gasteiger partial charge < -0.3 is 21.7 Å². The van der Waals surface area contributed by atoms with E-state index in [1.165, 1.54) is 0 Å². The van der Waals surface area contributed by atoms with Crippen LogP contribution in [-0.4, -0.2) is 11.8 Å². The van der Waals surface area contributed by atoms with Crippen LogP contribution in [0.1, 0.15) is 31.8 Å². The van der Waals surface area contributed by atoms with Crippen molar-refractivity contribution in [1.82, 2.24) is 10.6 Å². The zero-order valence-electron chi connectivity index (χ0n) is 18.8. The minimum atomic E-state index is -0.228. The molecule has 0 unspecified atom stereocenters. The highest BCUT2D eigenvalue weighted by Gasteiger charge is 2.10. The topological polar surface area (TPSA) is 96.2 Å². The molecule has 2 amide bonds. The molecule has 1 radical (unpaired) electrons. The minimum Gasteiger partial charge on any atom is -0.399 e. The van der Waals surface area contributed by atoms with E-state index in [1.54, 1.807) is 42.5 Å². The predicted octanol–water partition coefficient (Wildman–Crippen LogP) is 5.33. The summed E-state index contributed by atoms with van der Waals surface area (Å²) in [4.78, 5) is 25.1. The summed E-state index contributed by atoms with van der Waals surface area (Å²) in [6, 6.07) is 30.2. The van der Waals surface area contributed by atoms with Crippen molar-refractivity contribution in [2.45, 2.75) is 13.1 Å². The number of hydrogen-bond donors (Lipinski definition) is 4. The van der Waals surface area contributed by atoms with Crippen molar-refractivity contribution in [3.63, 3.8) is 0 Å². The number of halogens is 1. The SMILES string of the molecule is Nc1cc(Nc2[c]cc(C(=O)NCc3ccccc3Cl)cc2)cc(C(=O)NCc2ccccc2)c1. The second kappa shape index (κ2) is 11.2. The minimum absolute atomic E-state index is 0.223. The van der Waals surface area contributed by atoms with Crippen LogP contribution < -0.4 is 21.7 Å². The van der Waals surface area contributed by atoms with Crippen molar-refractivity contribution in [3.8, 4) is 0 Å². The summed E-state index contributed by atoms with van der Waals surface area (Å²) in [5, 5.41) is 9.54. The van der Waals surface area contributed by atoms with Gasteiger partial charge in [0, 0.05) is 52.4 Å². The molecule has 6 nitrogen and oxygen atoms in total. The molecule has 4 rings (SSSR count). The predicted molar refractivity (Wildman–Crippen MR) is 140 cm³/mol. The van der Waals surface area contributed by atoms with E-state index >= 15 is 0 Å². The molecule has 7 heteroatoms. The van der Waals surface area contributed by atoms with Crippen molar-refractivity contribution in [1.29, 1.82) is 0 Å². The molecule has 0 heterocycles. The summed E-state index contributed by atoms with van der Waals surface area (Å²) in [5.41, 5.74) is 10.5. The Bertz CT molecular complexity index is 1320. The largest absolute Gasteiger partial charge is 0.399 e. The van der Waals surface area contributed by atoms with Crippen LogP contribution in [0.25, 0.3) is 0 Å². The Morgan fingerprint density at radius 1 is 0.800 bits per heavy atom. The molecule has 0 fully saturated rings. The van der Waals surface area contributed by atoms with Gasteiger partial charge in [-0.15, -0.1) is 0 Å². The lowest BCUT2D eigenvalue weighted by Crippen LogP contribution is -2.23. The standard InChI is InChI=1S/C28H24ClN4O2/c29-26-9-5-4-8-21(26)18-32-27(34)20-10-12-24(13-11-20)33-25-15-22(14-23(30)16-25)28(35)31-17-19-6-2-1-3-7-19/h1-12,14-16,33H,17-18,30H2,(H,31,35)(H,32,34). The summed E-state index contributed by atoms with van der Waals surface area (Å²) in [6.07, 6.45) is 0. The van der Waals surface area contributed by atoms with E-state index in [-0.39, 0.29) is 11.8 Å². The summed E-state index contributed by atoms with van der Waals surface area (Å²) in [5.74, 6) is -0.451. The fourth-order valence-corrected chi connectivity index (χ4v) is 3.66. The van der Waals surface area contributed by atoms with Crippen LogP contribution >= 0.6 is 11.6 Å². The van der Waals surface area contributed by atoms with E-state index in [9.17, 15) is 9.59 Å². The van der Waals surface area contributed by atoms with E-state index in [0.29, 0.717) is 46.3 Å². The number of benzene rings is 4. The molecule has 0 aliphatic carbocycles. The second-order valence-corrected chi connectivity index (χ2v) is 8.31. The van der Waals surface area contributed by atoms with Gasteiger partial charge in [0.05, 0.1) is 0 Å². The molecule has 0 aromatic heterocycles. The first-order chi connectivity index (χ1) is 17.0. The lowest BCUT2D eigenvalue weighted by molar-refractivity contribution is 0.0943. The van der Waals surface area contributed by atoms with Gasteiger partial charge in [0.25, 0.3) is 11.8 Å². The smallest absolute Gasteiger partial charge is 0.251 e. The van der Waals surface area contributed by atoms with Crippen LogP contribution in [-0.2, 0) is 13.1 Å². The number of nitrogens with two attached hydrogens (primary N) is 1. The second-order valence-electron chi connectivity index (χ2n) is 7.90. The van der Waals surface area contributed by atoms with Crippen molar-refractivity contribution in [2.24, 2.45) is 0 Å². The molecule has 4 aromatic rings. The molecule has 175 valence electrons. The maximum absolute atomic E-state index is 12.6.